The topological polar surface area (TPSA) is 74.2 Å². The van der Waals surface area contributed by atoms with Gasteiger partial charge in [-0.05, 0) is 6.92 Å². The molecular weight excluding hydrogens is 204 g/mol. The molecule has 90 valence electrons. The van der Waals surface area contributed by atoms with E-state index in [0.29, 0.717) is 26.4 Å². The van der Waals surface area contributed by atoms with Crippen molar-refractivity contribution in [2.24, 2.45) is 0 Å². The van der Waals surface area contributed by atoms with Crippen molar-refractivity contribution in [3.8, 4) is 0 Å². The molecule has 0 aromatic carbocycles. The molecule has 1 atom stereocenters. The molecule has 0 aliphatic carbocycles. The molecule has 6 nitrogen and oxygen atoms in total. The number of hydrogen-bond donors (Lipinski definition) is 1. The number of ether oxygens (including phenoxy) is 4. The fraction of sp³-hybridized carbons (Fsp3) is 0.889. The maximum atomic E-state index is 10.5. The van der Waals surface area contributed by atoms with Gasteiger partial charge in [-0.3, -0.25) is 0 Å². The van der Waals surface area contributed by atoms with Crippen LogP contribution in [0.5, 0.6) is 0 Å². The van der Waals surface area contributed by atoms with Gasteiger partial charge in [0.15, 0.2) is 0 Å². The monoisotopic (exact) mass is 222 g/mol. The van der Waals surface area contributed by atoms with Crippen molar-refractivity contribution < 1.29 is 28.8 Å². The average molecular weight is 222 g/mol. The number of aliphatic carboxylic acids is 1. The Morgan fingerprint density at radius 2 is 1.87 bits per heavy atom. The van der Waals surface area contributed by atoms with Crippen LogP contribution in [-0.4, -0.2) is 57.5 Å². The normalized spacial score (nSPS) is 12.7. The van der Waals surface area contributed by atoms with Crippen LogP contribution < -0.4 is 0 Å². The van der Waals surface area contributed by atoms with E-state index in [0.717, 1.165) is 0 Å². The molecule has 0 aromatic rings. The minimum atomic E-state index is -1.21. The van der Waals surface area contributed by atoms with Gasteiger partial charge >= 0.3 is 5.97 Å². The Balaban J connectivity index is 3.41. The quantitative estimate of drug-likeness (QED) is 0.418. The van der Waals surface area contributed by atoms with E-state index in [-0.39, 0.29) is 6.61 Å². The zero-order valence-corrected chi connectivity index (χ0v) is 9.10. The predicted octanol–water partition coefficient (Wildman–Crippen LogP) is 0.113. The molecule has 0 heterocycles. The molecule has 0 aromatic heterocycles. The highest BCUT2D eigenvalue weighted by Crippen LogP contribution is 1.95. The summed E-state index contributed by atoms with van der Waals surface area (Å²) in [4.78, 5) is 10.5. The van der Waals surface area contributed by atoms with Crippen LogP contribution in [0.25, 0.3) is 0 Å². The third-order valence-electron chi connectivity index (χ3n) is 1.45. The number of carbonyl (C=O) groups is 1. The van der Waals surface area contributed by atoms with Crippen molar-refractivity contribution in [2.45, 2.75) is 13.2 Å². The lowest BCUT2D eigenvalue weighted by Crippen LogP contribution is -2.28. The van der Waals surface area contributed by atoms with Crippen LogP contribution >= 0.6 is 0 Å². The third-order valence-corrected chi connectivity index (χ3v) is 1.45. The maximum Gasteiger partial charge on any atom is 0.361 e. The molecule has 15 heavy (non-hydrogen) atoms. The van der Waals surface area contributed by atoms with Gasteiger partial charge in [-0.2, -0.15) is 0 Å². The summed E-state index contributed by atoms with van der Waals surface area (Å²) in [7, 11) is 1.58. The molecule has 0 saturated heterocycles. The fourth-order valence-electron chi connectivity index (χ4n) is 0.800. The molecule has 0 saturated carbocycles. The van der Waals surface area contributed by atoms with Gasteiger partial charge in [0.2, 0.25) is 0 Å². The second-order valence-electron chi connectivity index (χ2n) is 2.60. The Bertz CT molecular complexity index is 161. The molecule has 1 unspecified atom stereocenters. The molecule has 0 fully saturated rings. The van der Waals surface area contributed by atoms with E-state index in [1.807, 2.05) is 0 Å². The lowest BCUT2D eigenvalue weighted by Gasteiger charge is -2.13. The zero-order chi connectivity index (χ0) is 11.5. The first kappa shape index (κ1) is 14.3. The summed E-state index contributed by atoms with van der Waals surface area (Å²) < 4.78 is 19.6. The minimum absolute atomic E-state index is 0.181. The van der Waals surface area contributed by atoms with Crippen LogP contribution in [0.1, 0.15) is 6.92 Å². The van der Waals surface area contributed by atoms with Crippen LogP contribution in [0.15, 0.2) is 0 Å². The van der Waals surface area contributed by atoms with Crippen LogP contribution in [-0.2, 0) is 23.7 Å². The van der Waals surface area contributed by atoms with E-state index < -0.39 is 12.3 Å². The van der Waals surface area contributed by atoms with Crippen molar-refractivity contribution in [1.82, 2.24) is 0 Å². The fourth-order valence-corrected chi connectivity index (χ4v) is 0.800. The molecule has 0 radical (unpaired) electrons. The molecule has 0 bridgehead atoms. The predicted molar refractivity (Wildman–Crippen MR) is 51.7 cm³/mol. The molecule has 6 heteroatoms. The van der Waals surface area contributed by atoms with E-state index in [1.165, 1.54) is 0 Å². The molecule has 0 spiro atoms. The van der Waals surface area contributed by atoms with Crippen LogP contribution in [0.4, 0.5) is 0 Å². The van der Waals surface area contributed by atoms with Crippen molar-refractivity contribution in [3.05, 3.63) is 0 Å². The summed E-state index contributed by atoms with van der Waals surface area (Å²) in [5.41, 5.74) is 0. The maximum absolute atomic E-state index is 10.5. The van der Waals surface area contributed by atoms with Gasteiger partial charge in [-0.25, -0.2) is 4.79 Å². The van der Waals surface area contributed by atoms with E-state index >= 15 is 0 Å². The Hall–Kier alpha value is -0.690. The van der Waals surface area contributed by atoms with Gasteiger partial charge < -0.3 is 24.1 Å². The minimum Gasteiger partial charge on any atom is -0.477 e. The lowest BCUT2D eigenvalue weighted by molar-refractivity contribution is -0.191. The van der Waals surface area contributed by atoms with Crippen LogP contribution in [0, 0.1) is 0 Å². The molecule has 0 amide bonds. The van der Waals surface area contributed by atoms with Gasteiger partial charge in [0.05, 0.1) is 26.4 Å². The molecule has 1 N–H and O–H groups in total. The number of methoxy groups -OCH3 is 1. The highest BCUT2D eigenvalue weighted by atomic mass is 16.7. The Labute approximate surface area is 89.1 Å². The summed E-state index contributed by atoms with van der Waals surface area (Å²) in [6.07, 6.45) is -1.21. The largest absolute Gasteiger partial charge is 0.477 e. The SMILES string of the molecule is CCOC(OCCOCCOC)C(=O)O. The second-order valence-corrected chi connectivity index (χ2v) is 2.60. The first-order valence-electron chi connectivity index (χ1n) is 4.75. The highest BCUT2D eigenvalue weighted by Gasteiger charge is 2.17. The lowest BCUT2D eigenvalue weighted by atomic mass is 10.6. The number of carboxylic acids is 1. The van der Waals surface area contributed by atoms with E-state index in [2.05, 4.69) is 0 Å². The molecular formula is C9H18O6. The van der Waals surface area contributed by atoms with E-state index in [4.69, 9.17) is 24.1 Å². The Morgan fingerprint density at radius 1 is 1.20 bits per heavy atom. The summed E-state index contributed by atoms with van der Waals surface area (Å²) in [5, 5.41) is 8.63. The second kappa shape index (κ2) is 9.85. The van der Waals surface area contributed by atoms with Crippen molar-refractivity contribution in [2.75, 3.05) is 40.1 Å². The number of rotatable bonds is 10. The van der Waals surface area contributed by atoms with Gasteiger partial charge in [-0.1, -0.05) is 0 Å². The standard InChI is InChI=1S/C9H18O6/c1-3-14-9(8(10)11)15-7-6-13-5-4-12-2/h9H,3-7H2,1-2H3,(H,10,11). The zero-order valence-electron chi connectivity index (χ0n) is 9.10. The van der Waals surface area contributed by atoms with Crippen molar-refractivity contribution in [1.29, 1.82) is 0 Å². The number of carboxylic acid groups (broad SMARTS) is 1. The van der Waals surface area contributed by atoms with E-state index in [1.54, 1.807) is 14.0 Å². The summed E-state index contributed by atoms with van der Waals surface area (Å²) in [6, 6.07) is 0. The highest BCUT2D eigenvalue weighted by molar-refractivity contribution is 5.70. The van der Waals surface area contributed by atoms with Crippen molar-refractivity contribution in [3.63, 3.8) is 0 Å². The third kappa shape index (κ3) is 8.31. The Morgan fingerprint density at radius 3 is 2.40 bits per heavy atom. The molecule has 0 aliphatic heterocycles. The van der Waals surface area contributed by atoms with Crippen LogP contribution in [0.3, 0.4) is 0 Å². The van der Waals surface area contributed by atoms with Gasteiger partial charge in [0.1, 0.15) is 0 Å². The van der Waals surface area contributed by atoms with Gasteiger partial charge in [0.25, 0.3) is 6.29 Å². The van der Waals surface area contributed by atoms with Gasteiger partial charge in [0, 0.05) is 13.7 Å². The molecule has 0 aliphatic rings. The Kier molecular flexibility index (Phi) is 9.40. The first-order chi connectivity index (χ1) is 7.22. The van der Waals surface area contributed by atoms with Crippen LogP contribution in [0.2, 0.25) is 0 Å². The summed E-state index contributed by atoms with van der Waals surface area (Å²) in [5.74, 6) is -1.13. The smallest absolute Gasteiger partial charge is 0.361 e. The van der Waals surface area contributed by atoms with E-state index in [9.17, 15) is 4.79 Å². The average Bonchev–Trinajstić information content (AvgIpc) is 2.21. The molecule has 0 rings (SSSR count). The summed E-state index contributed by atoms with van der Waals surface area (Å²) >= 11 is 0. The van der Waals surface area contributed by atoms with Crippen molar-refractivity contribution >= 4 is 5.97 Å². The summed E-state index contributed by atoms with van der Waals surface area (Å²) in [6.45, 7) is 3.47. The van der Waals surface area contributed by atoms with Gasteiger partial charge in [-0.15, -0.1) is 0 Å². The number of hydrogen-bond acceptors (Lipinski definition) is 5. The first-order valence-corrected chi connectivity index (χ1v) is 4.75.